The average Bonchev–Trinajstić information content (AvgIpc) is 2.54. The third kappa shape index (κ3) is 3.93. The summed E-state index contributed by atoms with van der Waals surface area (Å²) in [5.74, 6) is -0.0452. The van der Waals surface area contributed by atoms with Crippen LogP contribution in [0.2, 0.25) is 0 Å². The van der Waals surface area contributed by atoms with Crippen molar-refractivity contribution in [2.24, 2.45) is 0 Å². The first kappa shape index (κ1) is 16.5. The van der Waals surface area contributed by atoms with Crippen LogP contribution in [0.4, 0.5) is 0 Å². The first-order valence-electron chi connectivity index (χ1n) is 8.31. The van der Waals surface area contributed by atoms with Crippen molar-refractivity contribution < 1.29 is 13.2 Å². The van der Waals surface area contributed by atoms with Gasteiger partial charge in [-0.1, -0.05) is 6.07 Å². The predicted octanol–water partition coefficient (Wildman–Crippen LogP) is 1.72. The maximum atomic E-state index is 12.4. The van der Waals surface area contributed by atoms with E-state index in [1.54, 1.807) is 0 Å². The van der Waals surface area contributed by atoms with E-state index in [1.165, 1.54) is 34.5 Å². The summed E-state index contributed by atoms with van der Waals surface area (Å²) in [6, 6.07) is 6.06. The molecule has 0 radical (unpaired) electrons. The smallest absolute Gasteiger partial charge is 0.251 e. The lowest BCUT2D eigenvalue weighted by Gasteiger charge is -2.30. The number of aryl methyl sites for hydroxylation is 2. The van der Waals surface area contributed by atoms with Crippen molar-refractivity contribution in [1.29, 1.82) is 0 Å². The highest BCUT2D eigenvalue weighted by molar-refractivity contribution is 7.88. The van der Waals surface area contributed by atoms with Crippen LogP contribution in [0.5, 0.6) is 0 Å². The standard InChI is InChI=1S/C17H24N2O3S/c1-23(21,22)19-10-8-16(9-11-19)18-17(20)15-7-6-13-4-2-3-5-14(13)12-15/h6-7,12,16H,2-5,8-11H2,1H3,(H,18,20). The number of benzene rings is 1. The van der Waals surface area contributed by atoms with Gasteiger partial charge in [0.2, 0.25) is 10.0 Å². The van der Waals surface area contributed by atoms with Gasteiger partial charge >= 0.3 is 0 Å². The summed E-state index contributed by atoms with van der Waals surface area (Å²) in [6.07, 6.45) is 7.18. The van der Waals surface area contributed by atoms with Crippen LogP contribution in [0.1, 0.15) is 47.2 Å². The molecule has 1 N–H and O–H groups in total. The summed E-state index contributed by atoms with van der Waals surface area (Å²) >= 11 is 0. The van der Waals surface area contributed by atoms with Crippen molar-refractivity contribution >= 4 is 15.9 Å². The topological polar surface area (TPSA) is 66.5 Å². The van der Waals surface area contributed by atoms with E-state index >= 15 is 0 Å². The third-order valence-corrected chi connectivity index (χ3v) is 6.17. The summed E-state index contributed by atoms with van der Waals surface area (Å²) in [5, 5.41) is 3.05. The lowest BCUT2D eigenvalue weighted by molar-refractivity contribution is 0.0924. The molecule has 126 valence electrons. The monoisotopic (exact) mass is 336 g/mol. The van der Waals surface area contributed by atoms with Crippen LogP contribution in [-0.4, -0.2) is 44.0 Å². The van der Waals surface area contributed by atoms with Crippen molar-refractivity contribution in [3.05, 3.63) is 34.9 Å². The van der Waals surface area contributed by atoms with E-state index in [-0.39, 0.29) is 11.9 Å². The minimum Gasteiger partial charge on any atom is -0.349 e. The van der Waals surface area contributed by atoms with E-state index in [4.69, 9.17) is 0 Å². The highest BCUT2D eigenvalue weighted by Gasteiger charge is 2.26. The zero-order chi connectivity index (χ0) is 16.4. The quantitative estimate of drug-likeness (QED) is 0.914. The maximum absolute atomic E-state index is 12.4. The van der Waals surface area contributed by atoms with E-state index in [0.717, 1.165) is 18.4 Å². The molecule has 1 aliphatic carbocycles. The predicted molar refractivity (Wildman–Crippen MR) is 90.0 cm³/mol. The number of rotatable bonds is 3. The van der Waals surface area contributed by atoms with Gasteiger partial charge in [-0.3, -0.25) is 4.79 Å². The van der Waals surface area contributed by atoms with Gasteiger partial charge in [0.15, 0.2) is 0 Å². The summed E-state index contributed by atoms with van der Waals surface area (Å²) in [5.41, 5.74) is 3.39. The average molecular weight is 336 g/mol. The minimum absolute atomic E-state index is 0.0452. The molecule has 2 aliphatic rings. The van der Waals surface area contributed by atoms with E-state index < -0.39 is 10.0 Å². The normalized spacial score (nSPS) is 20.0. The van der Waals surface area contributed by atoms with E-state index in [2.05, 4.69) is 11.4 Å². The van der Waals surface area contributed by atoms with Gasteiger partial charge in [-0.2, -0.15) is 0 Å². The van der Waals surface area contributed by atoms with Gasteiger partial charge in [0, 0.05) is 24.7 Å². The molecule has 1 aliphatic heterocycles. The van der Waals surface area contributed by atoms with Gasteiger partial charge in [0.1, 0.15) is 0 Å². The SMILES string of the molecule is CS(=O)(=O)N1CCC(NC(=O)c2ccc3c(c2)CCCC3)CC1. The fourth-order valence-corrected chi connectivity index (χ4v) is 4.35. The van der Waals surface area contributed by atoms with E-state index in [0.29, 0.717) is 25.9 Å². The van der Waals surface area contributed by atoms with Gasteiger partial charge < -0.3 is 5.32 Å². The molecule has 23 heavy (non-hydrogen) atoms. The summed E-state index contributed by atoms with van der Waals surface area (Å²) in [6.45, 7) is 0.960. The van der Waals surface area contributed by atoms with Crippen molar-refractivity contribution in [2.75, 3.05) is 19.3 Å². The molecule has 6 heteroatoms. The van der Waals surface area contributed by atoms with E-state index in [1.807, 2.05) is 12.1 Å². The fourth-order valence-electron chi connectivity index (χ4n) is 3.48. The van der Waals surface area contributed by atoms with Crippen molar-refractivity contribution in [2.45, 2.75) is 44.6 Å². The summed E-state index contributed by atoms with van der Waals surface area (Å²) < 4.78 is 24.5. The molecule has 5 nitrogen and oxygen atoms in total. The second kappa shape index (κ2) is 6.61. The fraction of sp³-hybridized carbons (Fsp3) is 0.588. The number of fused-ring (bicyclic) bond motifs is 1. The van der Waals surface area contributed by atoms with E-state index in [9.17, 15) is 13.2 Å². The highest BCUT2D eigenvalue weighted by Crippen LogP contribution is 2.22. The molecule has 0 bridgehead atoms. The Labute approximate surface area is 138 Å². The van der Waals surface area contributed by atoms with Crippen LogP contribution in [0.15, 0.2) is 18.2 Å². The Balaban J connectivity index is 1.60. The molecule has 0 atom stereocenters. The molecule has 0 aromatic heterocycles. The van der Waals surface area contributed by atoms with Crippen LogP contribution < -0.4 is 5.32 Å². The maximum Gasteiger partial charge on any atom is 0.251 e. The number of nitrogens with one attached hydrogen (secondary N) is 1. The molecule has 1 fully saturated rings. The van der Waals surface area contributed by atoms with Crippen molar-refractivity contribution in [3.63, 3.8) is 0 Å². The molecule has 1 amide bonds. The zero-order valence-electron chi connectivity index (χ0n) is 13.5. The minimum atomic E-state index is -3.12. The highest BCUT2D eigenvalue weighted by atomic mass is 32.2. The number of carbonyl (C=O) groups excluding carboxylic acids is 1. The number of amides is 1. The van der Waals surface area contributed by atoms with Crippen molar-refractivity contribution in [1.82, 2.24) is 9.62 Å². The molecule has 0 unspecified atom stereocenters. The zero-order valence-corrected chi connectivity index (χ0v) is 14.4. The number of sulfonamides is 1. The number of piperidine rings is 1. The second-order valence-corrected chi connectivity index (χ2v) is 8.58. The van der Waals surface area contributed by atoms with Crippen LogP contribution in [0, 0.1) is 0 Å². The Morgan fingerprint density at radius 1 is 1.13 bits per heavy atom. The van der Waals surface area contributed by atoms with Gasteiger partial charge in [0.05, 0.1) is 6.26 Å². The molecule has 1 heterocycles. The van der Waals surface area contributed by atoms with Crippen molar-refractivity contribution in [3.8, 4) is 0 Å². The number of hydrogen-bond acceptors (Lipinski definition) is 3. The molecule has 0 spiro atoms. The number of hydrogen-bond donors (Lipinski definition) is 1. The van der Waals surface area contributed by atoms with Gasteiger partial charge in [0.25, 0.3) is 5.91 Å². The largest absolute Gasteiger partial charge is 0.349 e. The lowest BCUT2D eigenvalue weighted by atomic mass is 9.90. The molecule has 1 saturated heterocycles. The van der Waals surface area contributed by atoms with Crippen LogP contribution in [0.3, 0.4) is 0 Å². The van der Waals surface area contributed by atoms with Gasteiger partial charge in [-0.15, -0.1) is 0 Å². The van der Waals surface area contributed by atoms with Crippen LogP contribution in [-0.2, 0) is 22.9 Å². The second-order valence-electron chi connectivity index (χ2n) is 6.60. The molecular formula is C17H24N2O3S. The third-order valence-electron chi connectivity index (χ3n) is 4.87. The number of carbonyl (C=O) groups is 1. The molecule has 0 saturated carbocycles. The lowest BCUT2D eigenvalue weighted by Crippen LogP contribution is -2.46. The molecular weight excluding hydrogens is 312 g/mol. The summed E-state index contributed by atoms with van der Waals surface area (Å²) in [7, 11) is -3.12. The Morgan fingerprint density at radius 3 is 2.43 bits per heavy atom. The number of nitrogens with zero attached hydrogens (tertiary/aromatic N) is 1. The van der Waals surface area contributed by atoms with Crippen LogP contribution in [0.25, 0.3) is 0 Å². The summed E-state index contributed by atoms with van der Waals surface area (Å²) in [4.78, 5) is 12.4. The molecule has 1 aromatic rings. The Kier molecular flexibility index (Phi) is 4.73. The molecule has 3 rings (SSSR count). The van der Waals surface area contributed by atoms with Gasteiger partial charge in [-0.05, 0) is 61.8 Å². The first-order chi connectivity index (χ1) is 10.9. The Morgan fingerprint density at radius 2 is 1.78 bits per heavy atom. The van der Waals surface area contributed by atoms with Gasteiger partial charge in [-0.25, -0.2) is 12.7 Å². The Bertz CT molecular complexity index is 692. The van der Waals surface area contributed by atoms with Crippen LogP contribution >= 0.6 is 0 Å². The Hall–Kier alpha value is -1.40. The first-order valence-corrected chi connectivity index (χ1v) is 10.2. The molecule has 1 aromatic carbocycles.